The van der Waals surface area contributed by atoms with Gasteiger partial charge in [-0.25, -0.2) is 8.78 Å². The van der Waals surface area contributed by atoms with E-state index in [1.807, 2.05) is 23.6 Å². The lowest BCUT2D eigenvalue weighted by molar-refractivity contribution is -0.137. The highest BCUT2D eigenvalue weighted by Crippen LogP contribution is 2.55. The molecule has 0 fully saturated rings. The molecule has 0 spiro atoms. The van der Waals surface area contributed by atoms with Crippen molar-refractivity contribution in [3.8, 4) is 0 Å². The predicted molar refractivity (Wildman–Crippen MR) is 156 cm³/mol. The lowest BCUT2D eigenvalue weighted by Crippen LogP contribution is -2.44. The normalized spacial score (nSPS) is 16.6. The Labute approximate surface area is 241 Å². The van der Waals surface area contributed by atoms with Gasteiger partial charge in [0.05, 0.1) is 23.0 Å². The van der Waals surface area contributed by atoms with Crippen molar-refractivity contribution in [2.45, 2.75) is 31.5 Å². The molecule has 41 heavy (non-hydrogen) atoms. The molecular formula is C30H25BClF5N4. The first-order chi connectivity index (χ1) is 19.0. The molecule has 2 aliphatic rings. The summed E-state index contributed by atoms with van der Waals surface area (Å²) >= 11 is 6.51. The molecule has 2 aliphatic heterocycles. The zero-order valence-electron chi connectivity index (χ0n) is 22.5. The highest BCUT2D eigenvalue weighted by Gasteiger charge is 2.43. The number of alkyl halides is 3. The van der Waals surface area contributed by atoms with Gasteiger partial charge in [0.2, 0.25) is 0 Å². The third-order valence-electron chi connectivity index (χ3n) is 7.16. The zero-order valence-corrected chi connectivity index (χ0v) is 23.2. The van der Waals surface area contributed by atoms with E-state index in [0.29, 0.717) is 51.3 Å². The molecule has 2 heterocycles. The average Bonchev–Trinajstić information content (AvgIpc) is 3.33. The molecule has 2 N–H and O–H groups in total. The van der Waals surface area contributed by atoms with Crippen LogP contribution in [-0.4, -0.2) is 20.3 Å². The second-order valence-electron chi connectivity index (χ2n) is 10.6. The molecule has 0 aliphatic carbocycles. The Morgan fingerprint density at radius 2 is 1.73 bits per heavy atom. The number of benzene rings is 3. The van der Waals surface area contributed by atoms with Crippen LogP contribution in [0.25, 0.3) is 11.4 Å². The van der Waals surface area contributed by atoms with Crippen molar-refractivity contribution >= 4 is 47.9 Å². The Kier molecular flexibility index (Phi) is 6.69. The van der Waals surface area contributed by atoms with Crippen LogP contribution in [0, 0.1) is 11.6 Å². The summed E-state index contributed by atoms with van der Waals surface area (Å²) in [5, 5.41) is 6.66. The van der Waals surface area contributed by atoms with E-state index in [-0.39, 0.29) is 16.3 Å². The molecule has 210 valence electrons. The number of nitrogens with one attached hydrogen (secondary N) is 2. The number of hydrogen-bond donors (Lipinski definition) is 2. The van der Waals surface area contributed by atoms with Crippen LogP contribution >= 0.6 is 11.6 Å². The molecule has 1 atom stereocenters. The molecule has 4 nitrogen and oxygen atoms in total. The number of halogens is 6. The van der Waals surface area contributed by atoms with Crippen molar-refractivity contribution in [2.24, 2.45) is 0 Å². The largest absolute Gasteiger partial charge is 0.416 e. The number of hydrogen-bond acceptors (Lipinski definition) is 4. The van der Waals surface area contributed by atoms with Crippen LogP contribution in [0.15, 0.2) is 68.0 Å². The average molecular weight is 583 g/mol. The fraction of sp³-hybridized carbons (Fsp3) is 0.200. The summed E-state index contributed by atoms with van der Waals surface area (Å²) in [5.41, 5.74) is 1.74. The molecule has 2 radical (unpaired) electrons. The molecular weight excluding hydrogens is 558 g/mol. The lowest BCUT2D eigenvalue weighted by Gasteiger charge is -2.36. The smallest absolute Gasteiger partial charge is 0.374 e. The fourth-order valence-corrected chi connectivity index (χ4v) is 5.58. The number of rotatable bonds is 5. The van der Waals surface area contributed by atoms with Gasteiger partial charge in [0, 0.05) is 56.8 Å². The molecule has 3 aromatic carbocycles. The van der Waals surface area contributed by atoms with E-state index in [1.54, 1.807) is 13.1 Å². The van der Waals surface area contributed by atoms with Crippen molar-refractivity contribution in [2.75, 3.05) is 22.2 Å². The second kappa shape index (κ2) is 9.58. The maximum atomic E-state index is 14.4. The molecule has 5 rings (SSSR count). The lowest BCUT2D eigenvalue weighted by atomic mass is 9.79. The summed E-state index contributed by atoms with van der Waals surface area (Å²) in [6.45, 7) is 15.9. The van der Waals surface area contributed by atoms with Gasteiger partial charge in [0.25, 0.3) is 0 Å². The maximum Gasteiger partial charge on any atom is 0.416 e. The van der Waals surface area contributed by atoms with Crippen molar-refractivity contribution in [1.29, 1.82) is 0 Å². The van der Waals surface area contributed by atoms with Crippen LogP contribution in [0.4, 0.5) is 39.0 Å². The zero-order chi connectivity index (χ0) is 30.2. The molecule has 11 heteroatoms. The third-order valence-corrected chi connectivity index (χ3v) is 7.51. The molecule has 0 bridgehead atoms. The maximum absolute atomic E-state index is 14.4. The van der Waals surface area contributed by atoms with Gasteiger partial charge in [0.15, 0.2) is 0 Å². The summed E-state index contributed by atoms with van der Waals surface area (Å²) in [6, 6.07) is 7.22. The van der Waals surface area contributed by atoms with E-state index in [4.69, 9.17) is 19.4 Å². The highest BCUT2D eigenvalue weighted by atomic mass is 35.5. The Morgan fingerprint density at radius 3 is 2.37 bits per heavy atom. The topological polar surface area (TPSA) is 30.5 Å². The first kappa shape index (κ1) is 28.6. The van der Waals surface area contributed by atoms with E-state index in [1.165, 1.54) is 18.2 Å². The third kappa shape index (κ3) is 4.84. The Bertz CT molecular complexity index is 1640. The first-order valence-corrected chi connectivity index (χ1v) is 12.8. The van der Waals surface area contributed by atoms with Crippen molar-refractivity contribution in [3.63, 3.8) is 0 Å². The van der Waals surface area contributed by atoms with Gasteiger partial charge >= 0.3 is 6.18 Å². The van der Waals surface area contributed by atoms with E-state index in [2.05, 4.69) is 30.4 Å². The summed E-state index contributed by atoms with van der Waals surface area (Å²) in [4.78, 5) is 3.67. The number of nitrogens with zero attached hydrogens (tertiary/aromatic N) is 2. The highest BCUT2D eigenvalue weighted by molar-refractivity contribution is 6.31. The van der Waals surface area contributed by atoms with Crippen LogP contribution in [0.2, 0.25) is 5.02 Å². The standard InChI is InChI=1S/C30H25BClF5N4/c1-14(17-9-18(30(35,36)37)11-20(34)10-17)38-23-13-24-28(41(29(4,5)31)16(3)40(24)6)25-15(2)39-27(26(23)25)21-12-19(33)7-8-22(21)32/h7-13,27,38-39H,1-3H2,4-6H3. The van der Waals surface area contributed by atoms with Crippen molar-refractivity contribution in [3.05, 3.63) is 112 Å². The first-order valence-electron chi connectivity index (χ1n) is 12.5. The molecule has 3 aromatic rings. The van der Waals surface area contributed by atoms with Crippen LogP contribution in [0.1, 0.15) is 47.7 Å². The fourth-order valence-electron chi connectivity index (χ4n) is 5.35. The molecule has 0 aromatic heterocycles. The Balaban J connectivity index is 1.74. The van der Waals surface area contributed by atoms with Crippen molar-refractivity contribution < 1.29 is 22.0 Å². The van der Waals surface area contributed by atoms with E-state index in [9.17, 15) is 22.0 Å². The van der Waals surface area contributed by atoms with Gasteiger partial charge in [-0.3, -0.25) is 0 Å². The summed E-state index contributed by atoms with van der Waals surface area (Å²) in [6.07, 6.45) is -4.76. The number of anilines is 3. The Morgan fingerprint density at radius 1 is 1.05 bits per heavy atom. The van der Waals surface area contributed by atoms with Crippen LogP contribution in [0.3, 0.4) is 0 Å². The van der Waals surface area contributed by atoms with Gasteiger partial charge < -0.3 is 20.4 Å². The van der Waals surface area contributed by atoms with E-state index >= 15 is 0 Å². The van der Waals surface area contributed by atoms with Crippen LogP contribution in [0.5, 0.6) is 0 Å². The van der Waals surface area contributed by atoms with Crippen molar-refractivity contribution in [1.82, 2.24) is 5.32 Å². The summed E-state index contributed by atoms with van der Waals surface area (Å²) < 4.78 is 68.9. The summed E-state index contributed by atoms with van der Waals surface area (Å²) in [7, 11) is 8.35. The Hall–Kier alpha value is -3.92. The SMILES string of the molecule is [B]C(C)(C)N1C(=C)N(C)c2cc(NC(=C)c3cc(F)cc(C(F)(F)F)c3)c3c(c21)C(=C)NC3c1cc(F)ccc1Cl. The molecule has 0 amide bonds. The second-order valence-corrected chi connectivity index (χ2v) is 11.0. The molecule has 0 saturated heterocycles. The van der Waals surface area contributed by atoms with E-state index < -0.39 is 34.9 Å². The monoisotopic (exact) mass is 582 g/mol. The van der Waals surface area contributed by atoms with Gasteiger partial charge in [-0.05, 0) is 42.5 Å². The van der Waals surface area contributed by atoms with E-state index in [0.717, 1.165) is 12.1 Å². The molecule has 1 unspecified atom stereocenters. The van der Waals surface area contributed by atoms with Gasteiger partial charge in [-0.1, -0.05) is 45.2 Å². The summed E-state index contributed by atoms with van der Waals surface area (Å²) in [5.74, 6) is -0.999. The minimum Gasteiger partial charge on any atom is -0.374 e. The minimum atomic E-state index is -4.76. The van der Waals surface area contributed by atoms with Crippen LogP contribution in [-0.2, 0) is 6.18 Å². The minimum absolute atomic E-state index is 0.00855. The number of fused-ring (bicyclic) bond motifs is 3. The van der Waals surface area contributed by atoms with Gasteiger partial charge in [-0.2, -0.15) is 13.2 Å². The molecule has 0 saturated carbocycles. The predicted octanol–water partition coefficient (Wildman–Crippen LogP) is 8.02. The quantitative estimate of drug-likeness (QED) is 0.236. The van der Waals surface area contributed by atoms with Gasteiger partial charge in [0.1, 0.15) is 25.3 Å². The van der Waals surface area contributed by atoms with Gasteiger partial charge in [-0.15, -0.1) is 0 Å². The van der Waals surface area contributed by atoms with Crippen LogP contribution < -0.4 is 20.4 Å².